The Bertz CT molecular complexity index is 411. The molecule has 2 rings (SSSR count). The number of nitrogens with zero attached hydrogens (tertiary/aromatic N) is 1. The van der Waals surface area contributed by atoms with Crippen LogP contribution in [0.2, 0.25) is 0 Å². The third kappa shape index (κ3) is 1.93. The molecule has 14 heavy (non-hydrogen) atoms. The van der Waals surface area contributed by atoms with Crippen LogP contribution >= 0.6 is 15.9 Å². The molecule has 1 aromatic carbocycles. The van der Waals surface area contributed by atoms with Crippen LogP contribution in [0.15, 0.2) is 47.1 Å². The van der Waals surface area contributed by atoms with E-state index in [0.717, 1.165) is 21.5 Å². The fraction of sp³-hybridized carbons (Fsp3) is 0. The zero-order chi connectivity index (χ0) is 9.97. The number of rotatable bonds is 1. The van der Waals surface area contributed by atoms with E-state index < -0.39 is 0 Å². The normalized spacial score (nSPS) is 10.1. The largest absolute Gasteiger partial charge is 0.399 e. The summed E-state index contributed by atoms with van der Waals surface area (Å²) in [4.78, 5) is 4.35. The first kappa shape index (κ1) is 9.21. The summed E-state index contributed by atoms with van der Waals surface area (Å²) in [6.45, 7) is 0. The molecule has 1 heterocycles. The maximum absolute atomic E-state index is 5.69. The van der Waals surface area contributed by atoms with E-state index in [1.165, 1.54) is 0 Å². The van der Waals surface area contributed by atoms with Crippen LogP contribution in [0, 0.1) is 0 Å². The minimum Gasteiger partial charge on any atom is -0.399 e. The summed E-state index contributed by atoms with van der Waals surface area (Å²) in [5, 5.41) is 0. The molecule has 0 saturated heterocycles. The van der Waals surface area contributed by atoms with Crippen molar-refractivity contribution in [1.82, 2.24) is 4.98 Å². The van der Waals surface area contributed by atoms with E-state index in [2.05, 4.69) is 20.9 Å². The van der Waals surface area contributed by atoms with Crippen LogP contribution in [-0.2, 0) is 0 Å². The van der Waals surface area contributed by atoms with Crippen LogP contribution in [0.3, 0.4) is 0 Å². The topological polar surface area (TPSA) is 38.9 Å². The second kappa shape index (κ2) is 3.80. The molecule has 0 aliphatic rings. The highest BCUT2D eigenvalue weighted by molar-refractivity contribution is 9.10. The molecule has 0 radical (unpaired) electrons. The summed E-state index contributed by atoms with van der Waals surface area (Å²) >= 11 is 3.34. The fourth-order valence-corrected chi connectivity index (χ4v) is 1.61. The van der Waals surface area contributed by atoms with E-state index in [9.17, 15) is 0 Å². The van der Waals surface area contributed by atoms with E-state index >= 15 is 0 Å². The molecule has 0 unspecified atom stereocenters. The molecule has 2 nitrogen and oxygen atoms in total. The maximum Gasteiger partial charge on any atom is 0.106 e. The van der Waals surface area contributed by atoms with E-state index in [1.54, 1.807) is 0 Å². The molecular weight excluding hydrogens is 240 g/mol. The Balaban J connectivity index is 2.49. The van der Waals surface area contributed by atoms with Crippen molar-refractivity contribution in [3.63, 3.8) is 0 Å². The van der Waals surface area contributed by atoms with Crippen molar-refractivity contribution in [2.24, 2.45) is 0 Å². The second-order valence-corrected chi connectivity index (χ2v) is 3.78. The highest BCUT2D eigenvalue weighted by Crippen LogP contribution is 2.20. The number of halogens is 1. The van der Waals surface area contributed by atoms with Gasteiger partial charge in [0.15, 0.2) is 0 Å². The van der Waals surface area contributed by atoms with Crippen molar-refractivity contribution >= 4 is 21.6 Å². The van der Waals surface area contributed by atoms with Crippen LogP contribution in [0.5, 0.6) is 0 Å². The molecule has 3 heteroatoms. The summed E-state index contributed by atoms with van der Waals surface area (Å²) in [6.07, 6.45) is 0. The number of hydrogen-bond donors (Lipinski definition) is 1. The molecule has 0 aliphatic heterocycles. The van der Waals surface area contributed by atoms with Crippen LogP contribution < -0.4 is 5.73 Å². The van der Waals surface area contributed by atoms with Gasteiger partial charge in [-0.2, -0.15) is 0 Å². The molecule has 0 atom stereocenters. The number of pyridine rings is 1. The van der Waals surface area contributed by atoms with Crippen molar-refractivity contribution in [1.29, 1.82) is 0 Å². The monoisotopic (exact) mass is 248 g/mol. The average Bonchev–Trinajstić information content (AvgIpc) is 2.18. The molecular formula is C11H9BrN2. The van der Waals surface area contributed by atoms with Crippen LogP contribution in [0.1, 0.15) is 0 Å². The molecule has 0 bridgehead atoms. The highest BCUT2D eigenvalue weighted by atomic mass is 79.9. The first-order chi connectivity index (χ1) is 6.75. The third-order valence-corrected chi connectivity index (χ3v) is 2.34. The van der Waals surface area contributed by atoms with Crippen molar-refractivity contribution in [2.75, 3.05) is 5.73 Å². The van der Waals surface area contributed by atoms with Gasteiger partial charge in [-0.3, -0.25) is 0 Å². The van der Waals surface area contributed by atoms with E-state index in [1.807, 2.05) is 42.5 Å². The maximum atomic E-state index is 5.69. The van der Waals surface area contributed by atoms with Crippen LogP contribution in [0.25, 0.3) is 11.3 Å². The summed E-state index contributed by atoms with van der Waals surface area (Å²) in [5.41, 5.74) is 8.40. The summed E-state index contributed by atoms with van der Waals surface area (Å²) < 4.78 is 0.831. The van der Waals surface area contributed by atoms with Gasteiger partial charge in [0.25, 0.3) is 0 Å². The molecule has 2 N–H and O–H groups in total. The van der Waals surface area contributed by atoms with Gasteiger partial charge in [0, 0.05) is 11.3 Å². The van der Waals surface area contributed by atoms with Gasteiger partial charge < -0.3 is 5.73 Å². The Labute approximate surface area is 90.9 Å². The number of hydrogen-bond acceptors (Lipinski definition) is 2. The van der Waals surface area contributed by atoms with Gasteiger partial charge in [-0.05, 0) is 40.2 Å². The number of benzene rings is 1. The van der Waals surface area contributed by atoms with Gasteiger partial charge in [-0.1, -0.05) is 18.2 Å². The van der Waals surface area contributed by atoms with Crippen molar-refractivity contribution in [2.45, 2.75) is 0 Å². The molecule has 1 aromatic heterocycles. The Hall–Kier alpha value is -1.35. The second-order valence-electron chi connectivity index (χ2n) is 2.97. The third-order valence-electron chi connectivity index (χ3n) is 1.90. The lowest BCUT2D eigenvalue weighted by atomic mass is 10.1. The van der Waals surface area contributed by atoms with E-state index in [4.69, 9.17) is 5.73 Å². The van der Waals surface area contributed by atoms with Crippen LogP contribution in [-0.4, -0.2) is 4.98 Å². The zero-order valence-corrected chi connectivity index (χ0v) is 9.03. The molecule has 0 saturated carbocycles. The predicted molar refractivity (Wildman–Crippen MR) is 61.8 cm³/mol. The quantitative estimate of drug-likeness (QED) is 0.623. The number of aromatic nitrogens is 1. The molecule has 0 aliphatic carbocycles. The molecule has 0 fully saturated rings. The van der Waals surface area contributed by atoms with Crippen molar-refractivity contribution in [3.8, 4) is 11.3 Å². The average molecular weight is 249 g/mol. The standard InChI is InChI=1S/C11H9BrN2/c12-11-6-2-5-10(14-11)8-3-1-4-9(13)7-8/h1-7H,13H2. The Morgan fingerprint density at radius 3 is 2.57 bits per heavy atom. The predicted octanol–water partition coefficient (Wildman–Crippen LogP) is 3.09. The summed E-state index contributed by atoms with van der Waals surface area (Å²) in [6, 6.07) is 13.5. The molecule has 70 valence electrons. The van der Waals surface area contributed by atoms with Gasteiger partial charge in [0.05, 0.1) is 5.69 Å². The summed E-state index contributed by atoms with van der Waals surface area (Å²) in [5.74, 6) is 0. The van der Waals surface area contributed by atoms with E-state index in [0.29, 0.717) is 0 Å². The summed E-state index contributed by atoms with van der Waals surface area (Å²) in [7, 11) is 0. The number of anilines is 1. The minimum atomic E-state index is 0.754. The van der Waals surface area contributed by atoms with Gasteiger partial charge >= 0.3 is 0 Å². The first-order valence-corrected chi connectivity index (χ1v) is 5.03. The molecule has 2 aromatic rings. The SMILES string of the molecule is Nc1cccc(-c2cccc(Br)n2)c1. The number of nitrogen functional groups attached to an aromatic ring is 1. The van der Waals surface area contributed by atoms with Gasteiger partial charge in [-0.15, -0.1) is 0 Å². The minimum absolute atomic E-state index is 0.754. The zero-order valence-electron chi connectivity index (χ0n) is 7.44. The van der Waals surface area contributed by atoms with Gasteiger partial charge in [0.1, 0.15) is 4.60 Å². The number of nitrogens with two attached hydrogens (primary N) is 1. The van der Waals surface area contributed by atoms with Gasteiger partial charge in [-0.25, -0.2) is 4.98 Å². The lowest BCUT2D eigenvalue weighted by molar-refractivity contribution is 1.28. The first-order valence-electron chi connectivity index (χ1n) is 4.24. The lowest BCUT2D eigenvalue weighted by Crippen LogP contribution is -1.87. The molecule has 0 amide bonds. The van der Waals surface area contributed by atoms with E-state index in [-0.39, 0.29) is 0 Å². The Kier molecular flexibility index (Phi) is 2.50. The van der Waals surface area contributed by atoms with Gasteiger partial charge in [0.2, 0.25) is 0 Å². The molecule has 0 spiro atoms. The van der Waals surface area contributed by atoms with Crippen molar-refractivity contribution in [3.05, 3.63) is 47.1 Å². The lowest BCUT2D eigenvalue weighted by Gasteiger charge is -2.01. The van der Waals surface area contributed by atoms with Crippen LogP contribution in [0.4, 0.5) is 5.69 Å². The Morgan fingerprint density at radius 2 is 1.86 bits per heavy atom. The highest BCUT2D eigenvalue weighted by Gasteiger charge is 1.99. The Morgan fingerprint density at radius 1 is 1.07 bits per heavy atom. The van der Waals surface area contributed by atoms with Crippen molar-refractivity contribution < 1.29 is 0 Å². The smallest absolute Gasteiger partial charge is 0.106 e. The fourth-order valence-electron chi connectivity index (χ4n) is 1.27.